The first kappa shape index (κ1) is 15.9. The van der Waals surface area contributed by atoms with Crippen molar-refractivity contribution in [3.63, 3.8) is 0 Å². The molecule has 108 valence electrons. The Morgan fingerprint density at radius 2 is 1.70 bits per heavy atom. The van der Waals surface area contributed by atoms with Crippen LogP contribution in [0.2, 0.25) is 0 Å². The number of carboxylic acids is 1. The van der Waals surface area contributed by atoms with Gasteiger partial charge in [0, 0.05) is 24.2 Å². The summed E-state index contributed by atoms with van der Waals surface area (Å²) in [6.07, 6.45) is 0. The number of carbonyl (C=O) groups excluding carboxylic acids is 1. The summed E-state index contributed by atoms with van der Waals surface area (Å²) in [7, 11) is 0. The van der Waals surface area contributed by atoms with Crippen molar-refractivity contribution in [2.24, 2.45) is 0 Å². The molecule has 2 N–H and O–H groups in total. The standard InChI is InChI=1S/C15H19NO4/c1-11(12(2)15(19)20)14(18)16(8-9-17)10-13-6-4-3-5-7-13/h3-7,17H,8-10H2,1-2H3,(H,19,20). The Morgan fingerprint density at radius 1 is 1.10 bits per heavy atom. The zero-order chi connectivity index (χ0) is 15.1. The summed E-state index contributed by atoms with van der Waals surface area (Å²) >= 11 is 0. The third-order valence-corrected chi connectivity index (χ3v) is 3.08. The lowest BCUT2D eigenvalue weighted by Crippen LogP contribution is -2.34. The molecule has 0 aromatic heterocycles. The van der Waals surface area contributed by atoms with Crippen molar-refractivity contribution in [3.05, 3.63) is 47.0 Å². The number of hydrogen-bond acceptors (Lipinski definition) is 3. The van der Waals surface area contributed by atoms with Crippen LogP contribution in [-0.4, -0.2) is 40.1 Å². The molecule has 20 heavy (non-hydrogen) atoms. The van der Waals surface area contributed by atoms with Crippen LogP contribution in [0.1, 0.15) is 19.4 Å². The fraction of sp³-hybridized carbons (Fsp3) is 0.333. The van der Waals surface area contributed by atoms with Gasteiger partial charge < -0.3 is 15.1 Å². The summed E-state index contributed by atoms with van der Waals surface area (Å²) < 4.78 is 0. The molecule has 0 fully saturated rings. The minimum atomic E-state index is -1.11. The SMILES string of the molecule is CC(C(=O)O)=C(C)C(=O)N(CCO)Cc1ccccc1. The van der Waals surface area contributed by atoms with E-state index in [0.29, 0.717) is 6.54 Å². The van der Waals surface area contributed by atoms with Crippen molar-refractivity contribution in [1.82, 2.24) is 4.90 Å². The third kappa shape index (κ3) is 4.20. The van der Waals surface area contributed by atoms with E-state index in [2.05, 4.69) is 0 Å². The monoisotopic (exact) mass is 277 g/mol. The van der Waals surface area contributed by atoms with Crippen molar-refractivity contribution >= 4 is 11.9 Å². The molecule has 0 spiro atoms. The van der Waals surface area contributed by atoms with Gasteiger partial charge in [-0.2, -0.15) is 0 Å². The maximum absolute atomic E-state index is 12.3. The van der Waals surface area contributed by atoms with Crippen LogP contribution in [0.15, 0.2) is 41.5 Å². The van der Waals surface area contributed by atoms with E-state index in [0.717, 1.165) is 5.56 Å². The predicted octanol–water partition coefficient (Wildman–Crippen LogP) is 1.43. The zero-order valence-electron chi connectivity index (χ0n) is 11.7. The van der Waals surface area contributed by atoms with Crippen LogP contribution in [0, 0.1) is 0 Å². The van der Waals surface area contributed by atoms with Crippen LogP contribution in [-0.2, 0) is 16.1 Å². The van der Waals surface area contributed by atoms with Gasteiger partial charge in [-0.25, -0.2) is 4.79 Å². The number of amides is 1. The number of benzene rings is 1. The van der Waals surface area contributed by atoms with Gasteiger partial charge in [-0.3, -0.25) is 4.79 Å². The minimum absolute atomic E-state index is 0.0194. The number of carboxylic acid groups (broad SMARTS) is 1. The second-order valence-electron chi connectivity index (χ2n) is 4.49. The maximum Gasteiger partial charge on any atom is 0.331 e. The predicted molar refractivity (Wildman–Crippen MR) is 75.0 cm³/mol. The third-order valence-electron chi connectivity index (χ3n) is 3.08. The number of aliphatic carboxylic acids is 1. The fourth-order valence-corrected chi connectivity index (χ4v) is 1.73. The van der Waals surface area contributed by atoms with E-state index in [9.17, 15) is 9.59 Å². The Kier molecular flexibility index (Phi) is 5.93. The highest BCUT2D eigenvalue weighted by atomic mass is 16.4. The first-order chi connectivity index (χ1) is 9.47. The molecule has 0 unspecified atom stereocenters. The van der Waals surface area contributed by atoms with E-state index in [1.165, 1.54) is 18.7 Å². The molecule has 0 bridgehead atoms. The Morgan fingerprint density at radius 3 is 2.20 bits per heavy atom. The average Bonchev–Trinajstić information content (AvgIpc) is 2.45. The van der Waals surface area contributed by atoms with E-state index in [-0.39, 0.29) is 30.2 Å². The molecule has 0 aliphatic rings. The maximum atomic E-state index is 12.3. The van der Waals surface area contributed by atoms with Crippen LogP contribution >= 0.6 is 0 Å². The van der Waals surface area contributed by atoms with Gasteiger partial charge in [0.15, 0.2) is 0 Å². The highest BCUT2D eigenvalue weighted by Crippen LogP contribution is 2.11. The van der Waals surface area contributed by atoms with Gasteiger partial charge in [-0.1, -0.05) is 30.3 Å². The molecule has 0 saturated carbocycles. The molecule has 0 aliphatic carbocycles. The second-order valence-corrected chi connectivity index (χ2v) is 4.49. The van der Waals surface area contributed by atoms with E-state index >= 15 is 0 Å². The Balaban J connectivity index is 2.94. The number of hydrogen-bond donors (Lipinski definition) is 2. The topological polar surface area (TPSA) is 77.8 Å². The zero-order valence-corrected chi connectivity index (χ0v) is 11.7. The van der Waals surface area contributed by atoms with Crippen LogP contribution in [0.3, 0.4) is 0 Å². The quantitative estimate of drug-likeness (QED) is 0.771. The Labute approximate surface area is 118 Å². The summed E-state index contributed by atoms with van der Waals surface area (Å²) in [5, 5.41) is 18.0. The van der Waals surface area contributed by atoms with Crippen molar-refractivity contribution in [2.75, 3.05) is 13.2 Å². The molecule has 5 heteroatoms. The number of aliphatic hydroxyl groups excluding tert-OH is 1. The van der Waals surface area contributed by atoms with Gasteiger partial charge in [-0.05, 0) is 19.4 Å². The number of rotatable bonds is 6. The molecule has 5 nitrogen and oxygen atoms in total. The summed E-state index contributed by atoms with van der Waals surface area (Å²) in [5.41, 5.74) is 1.13. The van der Waals surface area contributed by atoms with Crippen molar-refractivity contribution in [2.45, 2.75) is 20.4 Å². The largest absolute Gasteiger partial charge is 0.478 e. The van der Waals surface area contributed by atoms with Gasteiger partial charge in [0.25, 0.3) is 0 Å². The van der Waals surface area contributed by atoms with Crippen LogP contribution in [0.4, 0.5) is 0 Å². The lowest BCUT2D eigenvalue weighted by molar-refractivity contribution is -0.134. The molecule has 0 atom stereocenters. The molecule has 1 amide bonds. The Bertz CT molecular complexity index is 508. The van der Waals surface area contributed by atoms with Crippen molar-refractivity contribution in [3.8, 4) is 0 Å². The van der Waals surface area contributed by atoms with Gasteiger partial charge in [0.05, 0.1) is 6.61 Å². The van der Waals surface area contributed by atoms with Crippen LogP contribution < -0.4 is 0 Å². The van der Waals surface area contributed by atoms with E-state index in [4.69, 9.17) is 10.2 Å². The number of aliphatic hydroxyl groups is 1. The number of nitrogens with zero attached hydrogens (tertiary/aromatic N) is 1. The number of carbonyl (C=O) groups is 2. The van der Waals surface area contributed by atoms with Crippen LogP contribution in [0.5, 0.6) is 0 Å². The smallest absolute Gasteiger partial charge is 0.331 e. The van der Waals surface area contributed by atoms with Crippen LogP contribution in [0.25, 0.3) is 0 Å². The second kappa shape index (κ2) is 7.45. The van der Waals surface area contributed by atoms with Gasteiger partial charge in [-0.15, -0.1) is 0 Å². The molecule has 0 radical (unpaired) electrons. The summed E-state index contributed by atoms with van der Waals surface area (Å²) in [4.78, 5) is 24.6. The van der Waals surface area contributed by atoms with E-state index in [1.54, 1.807) is 0 Å². The molecule has 1 rings (SSSR count). The first-order valence-corrected chi connectivity index (χ1v) is 6.32. The Hall–Kier alpha value is -2.14. The summed E-state index contributed by atoms with van der Waals surface area (Å²) in [6.45, 7) is 3.22. The van der Waals surface area contributed by atoms with E-state index < -0.39 is 5.97 Å². The minimum Gasteiger partial charge on any atom is -0.478 e. The molecular weight excluding hydrogens is 258 g/mol. The van der Waals surface area contributed by atoms with Gasteiger partial charge in [0.1, 0.15) is 0 Å². The molecular formula is C15H19NO4. The van der Waals surface area contributed by atoms with E-state index in [1.807, 2.05) is 30.3 Å². The molecule has 1 aromatic rings. The average molecular weight is 277 g/mol. The molecule has 0 aliphatic heterocycles. The lowest BCUT2D eigenvalue weighted by Gasteiger charge is -2.22. The highest BCUT2D eigenvalue weighted by molar-refractivity contribution is 6.01. The fourth-order valence-electron chi connectivity index (χ4n) is 1.73. The first-order valence-electron chi connectivity index (χ1n) is 6.32. The molecule has 1 aromatic carbocycles. The summed E-state index contributed by atoms with van der Waals surface area (Å²) in [6, 6.07) is 9.35. The highest BCUT2D eigenvalue weighted by Gasteiger charge is 2.19. The normalized spacial score (nSPS) is 11.8. The van der Waals surface area contributed by atoms with Crippen molar-refractivity contribution in [1.29, 1.82) is 0 Å². The van der Waals surface area contributed by atoms with Gasteiger partial charge >= 0.3 is 5.97 Å². The molecule has 0 heterocycles. The van der Waals surface area contributed by atoms with Crippen molar-refractivity contribution < 1.29 is 19.8 Å². The van der Waals surface area contributed by atoms with Gasteiger partial charge in [0.2, 0.25) is 5.91 Å². The molecule has 0 saturated heterocycles. The lowest BCUT2D eigenvalue weighted by atomic mass is 10.1. The summed E-state index contributed by atoms with van der Waals surface area (Å²) in [5.74, 6) is -1.48.